The Bertz CT molecular complexity index is 407. The van der Waals surface area contributed by atoms with Crippen LogP contribution in [0.15, 0.2) is 6.20 Å². The molecule has 0 aromatic carbocycles. The zero-order chi connectivity index (χ0) is 14.3. The summed E-state index contributed by atoms with van der Waals surface area (Å²) in [5.74, 6) is 0.891. The van der Waals surface area contributed by atoms with E-state index in [0.717, 1.165) is 44.2 Å². The number of hydrogen-bond donors (Lipinski definition) is 1. The molecule has 0 spiro atoms. The number of methoxy groups -OCH3 is 1. The van der Waals surface area contributed by atoms with Gasteiger partial charge in [0.25, 0.3) is 0 Å². The number of ether oxygens (including phenoxy) is 1. The summed E-state index contributed by atoms with van der Waals surface area (Å²) in [4.78, 5) is 4.47. The number of nitrogens with one attached hydrogen (secondary N) is 1. The molecule has 2 unspecified atom stereocenters. The minimum Gasteiger partial charge on any atom is -0.385 e. The zero-order valence-corrected chi connectivity index (χ0v) is 13.1. The highest BCUT2D eigenvalue weighted by molar-refractivity contribution is 7.84. The first-order chi connectivity index (χ1) is 9.04. The monoisotopic (exact) mass is 287 g/mol. The molecule has 110 valence electrons. The van der Waals surface area contributed by atoms with Crippen LogP contribution in [0.1, 0.15) is 25.5 Å². The molecule has 1 aromatic rings. The molecule has 0 aliphatic rings. The van der Waals surface area contributed by atoms with Gasteiger partial charge in [-0.1, -0.05) is 6.92 Å². The van der Waals surface area contributed by atoms with Crippen molar-refractivity contribution in [1.82, 2.24) is 9.55 Å². The van der Waals surface area contributed by atoms with Gasteiger partial charge in [0.15, 0.2) is 0 Å². The van der Waals surface area contributed by atoms with Crippen LogP contribution in [0.25, 0.3) is 0 Å². The molecule has 0 fully saturated rings. The quantitative estimate of drug-likeness (QED) is 0.704. The second kappa shape index (κ2) is 8.32. The van der Waals surface area contributed by atoms with Crippen LogP contribution in [0, 0.1) is 6.92 Å². The zero-order valence-electron chi connectivity index (χ0n) is 12.3. The van der Waals surface area contributed by atoms with E-state index in [4.69, 9.17) is 4.74 Å². The summed E-state index contributed by atoms with van der Waals surface area (Å²) >= 11 is 0. The predicted octanol–water partition coefficient (Wildman–Crippen LogP) is 1.80. The number of aromatic nitrogens is 2. The standard InChI is InChI=1S/C13H25N3O2S/c1-11-10-16(8-6-12(2)19(4)17)13(15-11)14-7-5-9-18-3/h10,12H,5-9H2,1-4H3,(H,14,15). The highest BCUT2D eigenvalue weighted by Crippen LogP contribution is 2.11. The second-order valence-electron chi connectivity index (χ2n) is 4.77. The lowest BCUT2D eigenvalue weighted by Crippen LogP contribution is -2.15. The van der Waals surface area contributed by atoms with Crippen molar-refractivity contribution in [3.8, 4) is 0 Å². The van der Waals surface area contributed by atoms with Crippen molar-refractivity contribution in [2.75, 3.05) is 31.8 Å². The van der Waals surface area contributed by atoms with E-state index in [0.29, 0.717) is 0 Å². The Balaban J connectivity index is 2.50. The molecule has 19 heavy (non-hydrogen) atoms. The van der Waals surface area contributed by atoms with E-state index in [1.54, 1.807) is 13.4 Å². The van der Waals surface area contributed by atoms with Crippen molar-refractivity contribution in [2.24, 2.45) is 0 Å². The largest absolute Gasteiger partial charge is 0.385 e. The molecule has 0 saturated carbocycles. The molecule has 2 atom stereocenters. The smallest absolute Gasteiger partial charge is 0.203 e. The maximum atomic E-state index is 11.4. The normalized spacial score (nSPS) is 14.3. The lowest BCUT2D eigenvalue weighted by Gasteiger charge is -2.12. The van der Waals surface area contributed by atoms with Gasteiger partial charge in [0.05, 0.1) is 5.69 Å². The first-order valence-electron chi connectivity index (χ1n) is 6.63. The third kappa shape index (κ3) is 5.74. The maximum Gasteiger partial charge on any atom is 0.203 e. The summed E-state index contributed by atoms with van der Waals surface area (Å²) in [5, 5.41) is 3.53. The first-order valence-corrected chi connectivity index (χ1v) is 8.25. The van der Waals surface area contributed by atoms with Crippen molar-refractivity contribution in [1.29, 1.82) is 0 Å². The van der Waals surface area contributed by atoms with Crippen molar-refractivity contribution in [2.45, 2.75) is 38.5 Å². The van der Waals surface area contributed by atoms with Gasteiger partial charge in [0.2, 0.25) is 5.95 Å². The SMILES string of the molecule is COCCCNc1nc(C)cn1CCC(C)S(C)=O. The number of rotatable bonds is 9. The molecule has 0 aliphatic carbocycles. The van der Waals surface area contributed by atoms with Crippen LogP contribution < -0.4 is 5.32 Å². The molecule has 0 radical (unpaired) electrons. The van der Waals surface area contributed by atoms with E-state index >= 15 is 0 Å². The highest BCUT2D eigenvalue weighted by Gasteiger charge is 2.09. The number of hydrogen-bond acceptors (Lipinski definition) is 4. The van der Waals surface area contributed by atoms with Gasteiger partial charge in [-0.15, -0.1) is 0 Å². The van der Waals surface area contributed by atoms with Gasteiger partial charge < -0.3 is 14.6 Å². The summed E-state index contributed by atoms with van der Waals surface area (Å²) < 4.78 is 18.5. The second-order valence-corrected chi connectivity index (χ2v) is 6.57. The van der Waals surface area contributed by atoms with Crippen LogP contribution in [0.2, 0.25) is 0 Å². The predicted molar refractivity (Wildman–Crippen MR) is 80.1 cm³/mol. The average molecular weight is 287 g/mol. The van der Waals surface area contributed by atoms with Crippen molar-refractivity contribution < 1.29 is 8.95 Å². The van der Waals surface area contributed by atoms with E-state index in [1.165, 1.54) is 0 Å². The summed E-state index contributed by atoms with van der Waals surface area (Å²) in [6.45, 7) is 6.44. The van der Waals surface area contributed by atoms with Crippen LogP contribution >= 0.6 is 0 Å². The Morgan fingerprint density at radius 1 is 1.58 bits per heavy atom. The van der Waals surface area contributed by atoms with Gasteiger partial charge >= 0.3 is 0 Å². The summed E-state index contributed by atoms with van der Waals surface area (Å²) in [6, 6.07) is 0. The molecule has 1 aromatic heterocycles. The average Bonchev–Trinajstić information content (AvgIpc) is 2.72. The van der Waals surface area contributed by atoms with Gasteiger partial charge in [-0.25, -0.2) is 4.98 Å². The molecule has 0 aliphatic heterocycles. The lowest BCUT2D eigenvalue weighted by molar-refractivity contribution is 0.197. The lowest BCUT2D eigenvalue weighted by atomic mass is 10.3. The van der Waals surface area contributed by atoms with Crippen LogP contribution in [0.4, 0.5) is 5.95 Å². The Hall–Kier alpha value is -0.880. The van der Waals surface area contributed by atoms with Gasteiger partial charge in [-0.3, -0.25) is 4.21 Å². The fourth-order valence-corrected chi connectivity index (χ4v) is 2.20. The third-order valence-corrected chi connectivity index (χ3v) is 4.42. The van der Waals surface area contributed by atoms with Gasteiger partial charge in [-0.05, 0) is 19.8 Å². The van der Waals surface area contributed by atoms with Crippen LogP contribution in [0.5, 0.6) is 0 Å². The molecule has 1 rings (SSSR count). The van der Waals surface area contributed by atoms with Crippen molar-refractivity contribution in [3.05, 3.63) is 11.9 Å². The van der Waals surface area contributed by atoms with Crippen LogP contribution in [0.3, 0.4) is 0 Å². The molecule has 1 heterocycles. The minimum absolute atomic E-state index is 0.212. The van der Waals surface area contributed by atoms with Gasteiger partial charge in [-0.2, -0.15) is 0 Å². The van der Waals surface area contributed by atoms with Crippen LogP contribution in [-0.4, -0.2) is 45.5 Å². The fourth-order valence-electron chi connectivity index (χ4n) is 1.76. The van der Waals surface area contributed by atoms with Crippen molar-refractivity contribution in [3.63, 3.8) is 0 Å². The summed E-state index contributed by atoms with van der Waals surface area (Å²) in [5.41, 5.74) is 1.000. The molecular formula is C13H25N3O2S. The molecule has 1 N–H and O–H groups in total. The summed E-state index contributed by atoms with van der Waals surface area (Å²) in [7, 11) is 0.943. The fraction of sp³-hybridized carbons (Fsp3) is 0.769. The number of aryl methyl sites for hydroxylation is 2. The number of anilines is 1. The number of imidazole rings is 1. The Morgan fingerprint density at radius 3 is 2.95 bits per heavy atom. The Kier molecular flexibility index (Phi) is 7.09. The first kappa shape index (κ1) is 16.2. The number of nitrogens with zero attached hydrogens (tertiary/aromatic N) is 2. The highest BCUT2D eigenvalue weighted by atomic mass is 32.2. The molecule has 6 heteroatoms. The molecule has 0 saturated heterocycles. The van der Waals surface area contributed by atoms with E-state index < -0.39 is 10.8 Å². The summed E-state index contributed by atoms with van der Waals surface area (Å²) in [6.07, 6.45) is 5.64. The van der Waals surface area contributed by atoms with E-state index in [9.17, 15) is 4.21 Å². The molecule has 5 nitrogen and oxygen atoms in total. The Labute approximate surface area is 118 Å². The molecule has 0 bridgehead atoms. The van der Waals surface area contributed by atoms with Crippen molar-refractivity contribution >= 4 is 16.7 Å². The maximum absolute atomic E-state index is 11.4. The minimum atomic E-state index is -0.763. The van der Waals surface area contributed by atoms with E-state index in [-0.39, 0.29) is 5.25 Å². The van der Waals surface area contributed by atoms with Crippen LogP contribution in [-0.2, 0) is 22.1 Å². The third-order valence-electron chi connectivity index (χ3n) is 3.05. The van der Waals surface area contributed by atoms with E-state index in [2.05, 4.69) is 14.9 Å². The van der Waals surface area contributed by atoms with Gasteiger partial charge in [0.1, 0.15) is 0 Å². The van der Waals surface area contributed by atoms with Gasteiger partial charge in [0, 0.05) is 55.3 Å². The van der Waals surface area contributed by atoms with E-state index in [1.807, 2.05) is 20.0 Å². The molecule has 0 amide bonds. The molecular weight excluding hydrogens is 262 g/mol. The topological polar surface area (TPSA) is 56.1 Å². The Morgan fingerprint density at radius 2 is 2.32 bits per heavy atom.